The molecule has 2 aromatic carbocycles. The number of nitriles is 1. The Bertz CT molecular complexity index is 1320. The number of phenols is 1. The van der Waals surface area contributed by atoms with Crippen LogP contribution in [0.3, 0.4) is 0 Å². The largest absolute Gasteiger partial charge is 0.508 e. The van der Waals surface area contributed by atoms with Crippen LogP contribution in [0.4, 0.5) is 37.8 Å². The molecule has 0 spiro atoms. The van der Waals surface area contributed by atoms with E-state index in [1.807, 2.05) is 0 Å². The summed E-state index contributed by atoms with van der Waals surface area (Å²) < 4.78 is 81.1. The first-order valence-electron chi connectivity index (χ1n) is 8.89. The van der Waals surface area contributed by atoms with Crippen molar-refractivity contribution in [2.24, 2.45) is 0 Å². The molecule has 1 aromatic heterocycles. The molecule has 3 rings (SSSR count). The second-order valence-corrected chi connectivity index (χ2v) is 8.65. The van der Waals surface area contributed by atoms with Crippen LogP contribution >= 0.6 is 35.0 Å². The zero-order valence-electron chi connectivity index (χ0n) is 16.8. The van der Waals surface area contributed by atoms with Crippen molar-refractivity contribution in [2.75, 3.05) is 0 Å². The number of hydrogen-bond donors (Lipinski definition) is 1. The SMILES string of the molecule is C=[N+](c1ccc(O)c(C)c1)c1c(SC(F)(F)F)c(C#N)nn1-c1c(Cl)cc(C(F)(F)F)cc1Cl. The van der Waals surface area contributed by atoms with E-state index in [1.165, 1.54) is 31.2 Å². The van der Waals surface area contributed by atoms with E-state index in [1.54, 1.807) is 0 Å². The van der Waals surface area contributed by atoms with Crippen LogP contribution in [0.2, 0.25) is 10.0 Å². The van der Waals surface area contributed by atoms with Gasteiger partial charge in [0.15, 0.2) is 5.69 Å². The molecule has 0 bridgehead atoms. The van der Waals surface area contributed by atoms with Gasteiger partial charge in [-0.25, -0.2) is 4.58 Å². The number of alkyl halides is 6. The summed E-state index contributed by atoms with van der Waals surface area (Å²) in [6, 6.07) is 6.60. The smallest absolute Gasteiger partial charge is 0.446 e. The van der Waals surface area contributed by atoms with Crippen LogP contribution in [0.1, 0.15) is 16.8 Å². The Hall–Kier alpha value is -2.88. The Morgan fingerprint density at radius 3 is 2.18 bits per heavy atom. The number of nitrogens with zero attached hydrogens (tertiary/aromatic N) is 4. The number of halogens is 8. The van der Waals surface area contributed by atoms with Crippen molar-refractivity contribution >= 4 is 53.2 Å². The molecule has 5 nitrogen and oxygen atoms in total. The van der Waals surface area contributed by atoms with Crippen LogP contribution in [0.5, 0.6) is 5.75 Å². The van der Waals surface area contributed by atoms with E-state index in [9.17, 15) is 36.7 Å². The van der Waals surface area contributed by atoms with Gasteiger partial charge in [-0.1, -0.05) is 33.0 Å². The zero-order valence-corrected chi connectivity index (χ0v) is 19.1. The van der Waals surface area contributed by atoms with Gasteiger partial charge in [0.2, 0.25) is 5.69 Å². The summed E-state index contributed by atoms with van der Waals surface area (Å²) >= 11 is 11.4. The molecule has 0 amide bonds. The van der Waals surface area contributed by atoms with Crippen LogP contribution in [-0.4, -0.2) is 27.1 Å². The molecule has 178 valence electrons. The molecule has 0 radical (unpaired) electrons. The maximum atomic E-state index is 13.3. The molecule has 34 heavy (non-hydrogen) atoms. The van der Waals surface area contributed by atoms with Gasteiger partial charge in [-0.3, -0.25) is 0 Å². The summed E-state index contributed by atoms with van der Waals surface area (Å²) in [5, 5.41) is 21.9. The Morgan fingerprint density at radius 1 is 1.12 bits per heavy atom. The first-order chi connectivity index (χ1) is 15.6. The highest BCUT2D eigenvalue weighted by Gasteiger charge is 2.41. The molecule has 0 saturated carbocycles. The number of hydrogen-bond acceptors (Lipinski definition) is 4. The van der Waals surface area contributed by atoms with Gasteiger partial charge in [0.25, 0.3) is 0 Å². The number of aromatic hydroxyl groups is 1. The molecule has 0 aliphatic heterocycles. The normalized spacial score (nSPS) is 12.0. The molecule has 1 heterocycles. The molecule has 14 heteroatoms. The van der Waals surface area contributed by atoms with Gasteiger partial charge in [0.1, 0.15) is 22.4 Å². The number of rotatable bonds is 4. The average Bonchev–Trinajstić information content (AvgIpc) is 3.04. The molecular formula is C20H11Cl2F6N4OS+. The van der Waals surface area contributed by atoms with E-state index in [0.29, 0.717) is 17.7 Å². The van der Waals surface area contributed by atoms with Gasteiger partial charge in [-0.2, -0.15) is 31.6 Å². The third kappa shape index (κ3) is 5.11. The number of aryl methyl sites for hydroxylation is 1. The van der Waals surface area contributed by atoms with E-state index in [0.717, 1.165) is 9.26 Å². The highest BCUT2D eigenvalue weighted by molar-refractivity contribution is 8.00. The van der Waals surface area contributed by atoms with Crippen molar-refractivity contribution in [1.29, 1.82) is 5.26 Å². The van der Waals surface area contributed by atoms with Gasteiger partial charge in [0, 0.05) is 0 Å². The number of aromatic nitrogens is 2. The van der Waals surface area contributed by atoms with Crippen LogP contribution in [0.25, 0.3) is 5.69 Å². The van der Waals surface area contributed by atoms with Crippen LogP contribution < -0.4 is 4.58 Å². The summed E-state index contributed by atoms with van der Waals surface area (Å²) in [7, 11) is 0. The van der Waals surface area contributed by atoms with E-state index in [4.69, 9.17) is 23.2 Å². The molecule has 0 saturated heterocycles. The van der Waals surface area contributed by atoms with Crippen LogP contribution in [-0.2, 0) is 6.18 Å². The Kier molecular flexibility index (Phi) is 6.85. The standard InChI is InChI=1S/C20H10Cl2F6N4OS/c1-9-5-11(3-4-15(9)33)31(2)18-17(34-20(26,27)28)14(8-29)30-32(18)16-12(21)6-10(7-13(16)22)19(23,24)25/h3-7H,2H2,1H3/p+1. The lowest BCUT2D eigenvalue weighted by atomic mass is 10.2. The van der Waals surface area contributed by atoms with Gasteiger partial charge in [-0.15, -0.1) is 0 Å². The van der Waals surface area contributed by atoms with E-state index >= 15 is 0 Å². The zero-order chi connectivity index (χ0) is 25.6. The second-order valence-electron chi connectivity index (χ2n) is 6.76. The van der Waals surface area contributed by atoms with Crippen LogP contribution in [0.15, 0.2) is 35.2 Å². The summed E-state index contributed by atoms with van der Waals surface area (Å²) in [6.07, 6.45) is -4.80. The third-order valence-electron chi connectivity index (χ3n) is 4.45. The van der Waals surface area contributed by atoms with Gasteiger partial charge in [-0.05, 0) is 54.6 Å². The van der Waals surface area contributed by atoms with E-state index in [-0.39, 0.29) is 17.1 Å². The summed E-state index contributed by atoms with van der Waals surface area (Å²) in [4.78, 5) is -0.678. The number of phenolic OH excluding ortho intramolecular Hbond substituents is 1. The highest BCUT2D eigenvalue weighted by Crippen LogP contribution is 2.46. The fourth-order valence-electron chi connectivity index (χ4n) is 2.93. The first kappa shape index (κ1) is 25.7. The van der Waals surface area contributed by atoms with Crippen molar-refractivity contribution in [1.82, 2.24) is 14.4 Å². The van der Waals surface area contributed by atoms with Gasteiger partial charge in [0.05, 0.1) is 22.3 Å². The summed E-state index contributed by atoms with van der Waals surface area (Å²) in [6.45, 7) is 5.25. The predicted molar refractivity (Wildman–Crippen MR) is 117 cm³/mol. The molecular weight excluding hydrogens is 529 g/mol. The van der Waals surface area contributed by atoms with Gasteiger partial charge < -0.3 is 5.11 Å². The molecule has 0 unspecified atom stereocenters. The predicted octanol–water partition coefficient (Wildman–Crippen LogP) is 7.23. The van der Waals surface area contributed by atoms with Crippen molar-refractivity contribution in [3.05, 3.63) is 57.2 Å². The lowest BCUT2D eigenvalue weighted by molar-refractivity contribution is -0.137. The maximum Gasteiger partial charge on any atom is 0.446 e. The average molecular weight is 540 g/mol. The van der Waals surface area contributed by atoms with Crippen molar-refractivity contribution in [3.8, 4) is 17.5 Å². The fourth-order valence-corrected chi connectivity index (χ4v) is 4.28. The molecule has 0 atom stereocenters. The Balaban J connectivity index is 2.36. The molecule has 0 aliphatic rings. The quantitative estimate of drug-likeness (QED) is 0.164. The van der Waals surface area contributed by atoms with E-state index in [2.05, 4.69) is 11.8 Å². The maximum absolute atomic E-state index is 13.3. The van der Waals surface area contributed by atoms with Crippen LogP contribution in [0, 0.1) is 18.3 Å². The topological polar surface area (TPSA) is 64.8 Å². The highest BCUT2D eigenvalue weighted by atomic mass is 35.5. The second kappa shape index (κ2) is 9.05. The molecule has 1 N–H and O–H groups in total. The van der Waals surface area contributed by atoms with Gasteiger partial charge >= 0.3 is 17.5 Å². The van der Waals surface area contributed by atoms with E-state index < -0.39 is 55.5 Å². The minimum Gasteiger partial charge on any atom is -0.508 e. The monoisotopic (exact) mass is 539 g/mol. The molecule has 0 aliphatic carbocycles. The Labute approximate surface area is 202 Å². The Morgan fingerprint density at radius 2 is 1.71 bits per heavy atom. The van der Waals surface area contributed by atoms with Crippen molar-refractivity contribution in [3.63, 3.8) is 0 Å². The summed E-state index contributed by atoms with van der Waals surface area (Å²) in [5.41, 5.74) is -6.59. The van der Waals surface area contributed by atoms with Crippen molar-refractivity contribution < 1.29 is 31.4 Å². The number of thioether (sulfide) groups is 1. The number of benzene rings is 2. The van der Waals surface area contributed by atoms with Crippen molar-refractivity contribution in [2.45, 2.75) is 23.5 Å². The first-order valence-corrected chi connectivity index (χ1v) is 10.5. The third-order valence-corrected chi connectivity index (χ3v) is 5.83. The fraction of sp³-hybridized carbons (Fsp3) is 0.150. The minimum absolute atomic E-state index is 0.0953. The minimum atomic E-state index is -4.85. The summed E-state index contributed by atoms with van der Waals surface area (Å²) in [5.74, 6) is -0.533. The lowest BCUT2D eigenvalue weighted by Gasteiger charge is -2.12. The molecule has 0 fully saturated rings. The molecule has 3 aromatic rings. The lowest BCUT2D eigenvalue weighted by Crippen LogP contribution is -2.12.